The number of aromatic nitrogens is 3. The number of amides is 1. The van der Waals surface area contributed by atoms with Crippen molar-refractivity contribution < 1.29 is 4.79 Å². The number of benzene rings is 3. The van der Waals surface area contributed by atoms with Crippen LogP contribution in [0.5, 0.6) is 0 Å². The van der Waals surface area contributed by atoms with Crippen molar-refractivity contribution in [1.29, 1.82) is 0 Å². The van der Waals surface area contributed by atoms with E-state index in [1.54, 1.807) is 6.33 Å². The van der Waals surface area contributed by atoms with Gasteiger partial charge in [-0.3, -0.25) is 9.36 Å². The number of carbonyl (C=O) groups excluding carboxylic acids is 1. The Morgan fingerprint density at radius 3 is 2.16 bits per heavy atom. The van der Waals surface area contributed by atoms with Gasteiger partial charge in [0.25, 0.3) is 0 Å². The van der Waals surface area contributed by atoms with Crippen molar-refractivity contribution in [2.24, 2.45) is 0 Å². The average Bonchev–Trinajstić information content (AvgIpc) is 3.26. The van der Waals surface area contributed by atoms with Gasteiger partial charge < -0.3 is 5.32 Å². The van der Waals surface area contributed by atoms with Gasteiger partial charge in [-0.2, -0.15) is 0 Å². The van der Waals surface area contributed by atoms with Gasteiger partial charge in [0.15, 0.2) is 5.16 Å². The maximum atomic E-state index is 13.2. The van der Waals surface area contributed by atoms with Gasteiger partial charge in [0.05, 0.1) is 17.0 Å². The summed E-state index contributed by atoms with van der Waals surface area (Å²) in [6.45, 7) is 6.03. The minimum atomic E-state index is -0.348. The summed E-state index contributed by atoms with van der Waals surface area (Å²) in [6.07, 6.45) is 1.70. The van der Waals surface area contributed by atoms with E-state index in [1.807, 2.05) is 72.2 Å². The van der Waals surface area contributed by atoms with Crippen LogP contribution in [0.15, 0.2) is 90.3 Å². The molecule has 162 valence electrons. The van der Waals surface area contributed by atoms with Gasteiger partial charge in [0.1, 0.15) is 6.33 Å². The van der Waals surface area contributed by atoms with Crippen molar-refractivity contribution in [3.63, 3.8) is 0 Å². The van der Waals surface area contributed by atoms with Crippen LogP contribution in [-0.2, 0) is 4.79 Å². The Hall–Kier alpha value is -3.38. The molecular formula is C26H26N4OS. The van der Waals surface area contributed by atoms with E-state index in [4.69, 9.17) is 0 Å². The van der Waals surface area contributed by atoms with Gasteiger partial charge in [0, 0.05) is 0 Å². The number of hydrogen-bond donors (Lipinski definition) is 1. The zero-order valence-electron chi connectivity index (χ0n) is 18.4. The number of thioether (sulfide) groups is 1. The number of carbonyl (C=O) groups is 1. The highest BCUT2D eigenvalue weighted by Gasteiger charge is 2.23. The highest BCUT2D eigenvalue weighted by molar-refractivity contribution is 8.00. The lowest BCUT2D eigenvalue weighted by atomic mass is 9.98. The second-order valence-electron chi connectivity index (χ2n) is 7.80. The van der Waals surface area contributed by atoms with Gasteiger partial charge in [-0.25, -0.2) is 0 Å². The summed E-state index contributed by atoms with van der Waals surface area (Å²) < 4.78 is 1.94. The molecule has 4 rings (SSSR count). The summed E-state index contributed by atoms with van der Waals surface area (Å²) >= 11 is 1.40. The van der Waals surface area contributed by atoms with Crippen LogP contribution in [0, 0.1) is 13.8 Å². The molecular weight excluding hydrogens is 416 g/mol. The summed E-state index contributed by atoms with van der Waals surface area (Å²) in [5, 5.41) is 11.9. The van der Waals surface area contributed by atoms with Crippen molar-refractivity contribution in [2.75, 3.05) is 0 Å². The second-order valence-corrected chi connectivity index (χ2v) is 9.10. The molecule has 1 atom stereocenters. The Bertz CT molecular complexity index is 1150. The van der Waals surface area contributed by atoms with Crippen molar-refractivity contribution in [2.45, 2.75) is 37.2 Å². The van der Waals surface area contributed by atoms with Crippen molar-refractivity contribution in [1.82, 2.24) is 20.1 Å². The molecule has 32 heavy (non-hydrogen) atoms. The fraction of sp³-hybridized carbons (Fsp3) is 0.192. The first-order valence-electron chi connectivity index (χ1n) is 10.6. The van der Waals surface area contributed by atoms with E-state index < -0.39 is 0 Å². The van der Waals surface area contributed by atoms with Gasteiger partial charge in [-0.05, 0) is 43.5 Å². The van der Waals surface area contributed by atoms with Crippen molar-refractivity contribution in [3.05, 3.63) is 107 Å². The largest absolute Gasteiger partial charge is 0.344 e. The maximum absolute atomic E-state index is 13.2. The topological polar surface area (TPSA) is 59.8 Å². The minimum Gasteiger partial charge on any atom is -0.344 e. The van der Waals surface area contributed by atoms with Crippen LogP contribution < -0.4 is 5.32 Å². The SMILES string of the molecule is Cc1ccc(-n2cnnc2SC(C)C(=O)NC(c2ccccc2)c2ccccc2)c(C)c1. The lowest BCUT2D eigenvalue weighted by Crippen LogP contribution is -2.35. The van der Waals surface area contributed by atoms with E-state index in [1.165, 1.54) is 17.3 Å². The molecule has 1 N–H and O–H groups in total. The van der Waals surface area contributed by atoms with E-state index in [-0.39, 0.29) is 17.2 Å². The molecule has 0 spiro atoms. The molecule has 3 aromatic carbocycles. The van der Waals surface area contributed by atoms with Crippen LogP contribution in [0.1, 0.15) is 35.2 Å². The van der Waals surface area contributed by atoms with Crippen LogP contribution in [0.25, 0.3) is 5.69 Å². The van der Waals surface area contributed by atoms with Crippen LogP contribution in [0.2, 0.25) is 0 Å². The number of aryl methyl sites for hydroxylation is 2. The predicted molar refractivity (Wildman–Crippen MR) is 129 cm³/mol. The highest BCUT2D eigenvalue weighted by Crippen LogP contribution is 2.27. The molecule has 6 heteroatoms. The monoisotopic (exact) mass is 442 g/mol. The lowest BCUT2D eigenvalue weighted by Gasteiger charge is -2.22. The zero-order valence-corrected chi connectivity index (χ0v) is 19.2. The fourth-order valence-corrected chi connectivity index (χ4v) is 4.51. The van der Waals surface area contributed by atoms with E-state index in [9.17, 15) is 4.79 Å². The first kappa shape index (κ1) is 21.8. The molecule has 0 saturated heterocycles. The van der Waals surface area contributed by atoms with Crippen LogP contribution in [-0.4, -0.2) is 25.9 Å². The molecule has 0 fully saturated rings. The quantitative estimate of drug-likeness (QED) is 0.396. The van der Waals surface area contributed by atoms with Crippen molar-refractivity contribution >= 4 is 17.7 Å². The molecule has 1 unspecified atom stereocenters. The Morgan fingerprint density at radius 2 is 1.56 bits per heavy atom. The molecule has 4 aromatic rings. The predicted octanol–water partition coefficient (Wildman–Crippen LogP) is 5.27. The number of hydrogen-bond acceptors (Lipinski definition) is 4. The number of nitrogens with one attached hydrogen (secondary N) is 1. The summed E-state index contributed by atoms with van der Waals surface area (Å²) in [4.78, 5) is 13.2. The van der Waals surface area contributed by atoms with E-state index in [0.717, 1.165) is 22.4 Å². The second kappa shape index (κ2) is 9.83. The molecule has 0 bridgehead atoms. The van der Waals surface area contributed by atoms with E-state index in [2.05, 4.69) is 47.6 Å². The van der Waals surface area contributed by atoms with Gasteiger partial charge in [-0.1, -0.05) is 90.1 Å². The summed E-state index contributed by atoms with van der Waals surface area (Å²) in [6, 6.07) is 26.1. The lowest BCUT2D eigenvalue weighted by molar-refractivity contribution is -0.120. The third-order valence-electron chi connectivity index (χ3n) is 5.33. The maximum Gasteiger partial charge on any atom is 0.234 e. The Labute approximate surface area is 192 Å². The average molecular weight is 443 g/mol. The van der Waals surface area contributed by atoms with Gasteiger partial charge in [0.2, 0.25) is 5.91 Å². The zero-order chi connectivity index (χ0) is 22.5. The van der Waals surface area contributed by atoms with Gasteiger partial charge in [-0.15, -0.1) is 10.2 Å². The van der Waals surface area contributed by atoms with E-state index in [0.29, 0.717) is 5.16 Å². The summed E-state index contributed by atoms with van der Waals surface area (Å²) in [7, 11) is 0. The van der Waals surface area contributed by atoms with Crippen molar-refractivity contribution in [3.8, 4) is 5.69 Å². The molecule has 1 aromatic heterocycles. The fourth-order valence-electron chi connectivity index (χ4n) is 3.67. The number of rotatable bonds is 7. The molecule has 0 aliphatic carbocycles. The third-order valence-corrected chi connectivity index (χ3v) is 6.39. The molecule has 5 nitrogen and oxygen atoms in total. The smallest absolute Gasteiger partial charge is 0.234 e. The summed E-state index contributed by atoms with van der Waals surface area (Å²) in [5.74, 6) is -0.0529. The van der Waals surface area contributed by atoms with E-state index >= 15 is 0 Å². The third kappa shape index (κ3) is 4.92. The Balaban J connectivity index is 1.54. The normalized spacial score (nSPS) is 12.0. The molecule has 0 saturated carbocycles. The van der Waals surface area contributed by atoms with Crippen LogP contribution in [0.3, 0.4) is 0 Å². The highest BCUT2D eigenvalue weighted by atomic mass is 32.2. The molecule has 0 radical (unpaired) electrons. The Kier molecular flexibility index (Phi) is 6.71. The standard InChI is InChI=1S/C26H26N4OS/c1-18-14-15-23(19(2)16-18)30-17-27-29-26(30)32-20(3)25(31)28-24(21-10-6-4-7-11-21)22-12-8-5-9-13-22/h4-17,20,24H,1-3H3,(H,28,31). The van der Waals surface area contributed by atoms with Gasteiger partial charge >= 0.3 is 0 Å². The molecule has 1 amide bonds. The first-order chi connectivity index (χ1) is 15.5. The number of nitrogens with zero attached hydrogens (tertiary/aromatic N) is 3. The van der Waals surface area contributed by atoms with Crippen LogP contribution >= 0.6 is 11.8 Å². The van der Waals surface area contributed by atoms with Crippen LogP contribution in [0.4, 0.5) is 0 Å². The first-order valence-corrected chi connectivity index (χ1v) is 11.5. The molecule has 1 heterocycles. The summed E-state index contributed by atoms with van der Waals surface area (Å²) in [5.41, 5.74) is 5.44. The minimum absolute atomic E-state index is 0.0529. The molecule has 0 aliphatic heterocycles. The molecule has 0 aliphatic rings. The Morgan fingerprint density at radius 1 is 0.938 bits per heavy atom.